The molecular weight excluding hydrogens is 424 g/mol. The number of likely N-dealkylation sites (N-methyl/N-ethyl adjacent to an activating group) is 1. The minimum atomic E-state index is -0.709. The number of anilines is 1. The largest absolute Gasteiger partial charge is 0.418 e. The van der Waals surface area contributed by atoms with Crippen molar-refractivity contribution in [1.29, 1.82) is 0 Å². The van der Waals surface area contributed by atoms with Crippen molar-refractivity contribution in [2.45, 2.75) is 58.8 Å². The number of hydrogen-bond donors (Lipinski definition) is 0. The van der Waals surface area contributed by atoms with E-state index in [0.717, 1.165) is 23.4 Å². The first kappa shape index (κ1) is 24.4. The molecule has 0 unspecified atom stereocenters. The average molecular weight is 457 g/mol. The van der Waals surface area contributed by atoms with Crippen LogP contribution >= 0.6 is 0 Å². The van der Waals surface area contributed by atoms with Gasteiger partial charge in [0.15, 0.2) is 0 Å². The van der Waals surface area contributed by atoms with Crippen molar-refractivity contribution < 1.29 is 19.1 Å². The average Bonchev–Trinajstić information content (AvgIpc) is 3.21. The summed E-state index contributed by atoms with van der Waals surface area (Å²) in [4.78, 5) is 41.4. The number of hydrogen-bond acceptors (Lipinski definition) is 7. The maximum absolute atomic E-state index is 12.7. The number of carbonyl (C=O) groups excluding carboxylic acids is 3. The lowest BCUT2D eigenvalue weighted by atomic mass is 9.88. The second-order valence-corrected chi connectivity index (χ2v) is 8.91. The Balaban J connectivity index is 2.06. The quantitative estimate of drug-likeness (QED) is 0.466. The van der Waals surface area contributed by atoms with Crippen molar-refractivity contribution in [3.63, 3.8) is 0 Å². The molecule has 3 rings (SSSR count). The molecule has 2 amide bonds. The first-order valence-corrected chi connectivity index (χ1v) is 11.1. The molecule has 1 aromatic heterocycles. The summed E-state index contributed by atoms with van der Waals surface area (Å²) in [5.41, 5.74) is 3.08. The Labute approximate surface area is 194 Å². The SMILES string of the molecule is CC(=O)N1c2ccc(-c3cn(CCN(C)C)nn3)cc2[C@H](N(C(=O)OC=O)C(C)C)C[C@@H]1C. The highest BCUT2D eigenvalue weighted by Gasteiger charge is 2.39. The molecule has 1 aliphatic heterocycles. The minimum Gasteiger partial charge on any atom is -0.379 e. The molecule has 178 valence electrons. The van der Waals surface area contributed by atoms with Gasteiger partial charge in [-0.1, -0.05) is 11.3 Å². The van der Waals surface area contributed by atoms with E-state index in [4.69, 9.17) is 4.74 Å². The molecule has 0 N–H and O–H groups in total. The lowest BCUT2D eigenvalue weighted by Crippen LogP contribution is -2.48. The van der Waals surface area contributed by atoms with Crippen LogP contribution in [0.15, 0.2) is 24.4 Å². The van der Waals surface area contributed by atoms with Gasteiger partial charge in [-0.25, -0.2) is 4.79 Å². The Morgan fingerprint density at radius 2 is 2.03 bits per heavy atom. The van der Waals surface area contributed by atoms with Crippen molar-refractivity contribution in [3.05, 3.63) is 30.0 Å². The molecule has 0 saturated heterocycles. The molecule has 2 aromatic rings. The zero-order valence-corrected chi connectivity index (χ0v) is 20.1. The van der Waals surface area contributed by atoms with Gasteiger partial charge in [0.2, 0.25) is 5.91 Å². The van der Waals surface area contributed by atoms with Crippen molar-refractivity contribution in [1.82, 2.24) is 24.8 Å². The molecule has 0 fully saturated rings. The third kappa shape index (κ3) is 5.22. The number of amides is 2. The second-order valence-electron chi connectivity index (χ2n) is 8.91. The van der Waals surface area contributed by atoms with Crippen molar-refractivity contribution in [2.24, 2.45) is 0 Å². The van der Waals surface area contributed by atoms with Gasteiger partial charge in [0.05, 0.1) is 18.8 Å². The molecule has 33 heavy (non-hydrogen) atoms. The minimum absolute atomic E-state index is 0.0730. The number of carbonyl (C=O) groups is 3. The van der Waals surface area contributed by atoms with Gasteiger partial charge in [-0.15, -0.1) is 5.10 Å². The normalized spacial score (nSPS) is 17.8. The fourth-order valence-electron chi connectivity index (χ4n) is 4.38. The summed E-state index contributed by atoms with van der Waals surface area (Å²) >= 11 is 0. The van der Waals surface area contributed by atoms with E-state index in [0.29, 0.717) is 18.7 Å². The van der Waals surface area contributed by atoms with Crippen molar-refractivity contribution in [3.8, 4) is 11.3 Å². The van der Waals surface area contributed by atoms with Gasteiger partial charge in [0.1, 0.15) is 5.69 Å². The van der Waals surface area contributed by atoms with Crippen LogP contribution in [0.1, 0.15) is 45.7 Å². The van der Waals surface area contributed by atoms with Gasteiger partial charge < -0.3 is 14.5 Å². The molecule has 1 aromatic carbocycles. The molecule has 0 aliphatic carbocycles. The van der Waals surface area contributed by atoms with Crippen LogP contribution in [0, 0.1) is 0 Å². The molecule has 0 spiro atoms. The van der Waals surface area contributed by atoms with E-state index in [1.807, 2.05) is 59.3 Å². The number of benzene rings is 1. The molecule has 2 heterocycles. The van der Waals surface area contributed by atoms with Gasteiger partial charge in [-0.3, -0.25) is 19.2 Å². The molecule has 10 heteroatoms. The Morgan fingerprint density at radius 1 is 1.30 bits per heavy atom. The topological polar surface area (TPSA) is 101 Å². The van der Waals surface area contributed by atoms with Gasteiger partial charge in [-0.05, 0) is 59.0 Å². The van der Waals surface area contributed by atoms with Crippen LogP contribution < -0.4 is 4.90 Å². The zero-order chi connectivity index (χ0) is 24.3. The van der Waals surface area contributed by atoms with Crippen LogP contribution in [0.3, 0.4) is 0 Å². The lowest BCUT2D eigenvalue weighted by Gasteiger charge is -2.44. The van der Waals surface area contributed by atoms with Crippen LogP contribution in [0.2, 0.25) is 0 Å². The second kappa shape index (κ2) is 10.1. The Hall–Kier alpha value is -3.27. The predicted molar refractivity (Wildman–Crippen MR) is 124 cm³/mol. The monoisotopic (exact) mass is 456 g/mol. The zero-order valence-electron chi connectivity index (χ0n) is 20.1. The third-order valence-corrected chi connectivity index (χ3v) is 5.85. The number of aromatic nitrogens is 3. The van der Waals surface area contributed by atoms with E-state index in [1.165, 1.54) is 6.92 Å². The fourth-order valence-corrected chi connectivity index (χ4v) is 4.38. The van der Waals surface area contributed by atoms with E-state index in [9.17, 15) is 14.4 Å². The van der Waals surface area contributed by atoms with E-state index in [1.54, 1.807) is 14.5 Å². The lowest BCUT2D eigenvalue weighted by molar-refractivity contribution is -0.124. The van der Waals surface area contributed by atoms with E-state index < -0.39 is 6.09 Å². The van der Waals surface area contributed by atoms with Crippen LogP contribution in [0.4, 0.5) is 10.5 Å². The van der Waals surface area contributed by atoms with Crippen molar-refractivity contribution >= 4 is 24.2 Å². The van der Waals surface area contributed by atoms with Gasteiger partial charge >= 0.3 is 12.6 Å². The fraction of sp³-hybridized carbons (Fsp3) is 0.522. The first-order chi connectivity index (χ1) is 15.6. The summed E-state index contributed by atoms with van der Waals surface area (Å²) in [5.74, 6) is -0.0730. The summed E-state index contributed by atoms with van der Waals surface area (Å²) in [5, 5.41) is 8.53. The highest BCUT2D eigenvalue weighted by molar-refractivity contribution is 5.94. The van der Waals surface area contributed by atoms with E-state index in [2.05, 4.69) is 15.2 Å². The highest BCUT2D eigenvalue weighted by Crippen LogP contribution is 2.43. The predicted octanol–water partition coefficient (Wildman–Crippen LogP) is 2.70. The number of nitrogens with zero attached hydrogens (tertiary/aromatic N) is 6. The maximum Gasteiger partial charge on any atom is 0.418 e. The smallest absolute Gasteiger partial charge is 0.379 e. The van der Waals surface area contributed by atoms with Gasteiger partial charge in [-0.2, -0.15) is 0 Å². The Morgan fingerprint density at radius 3 is 2.64 bits per heavy atom. The Bertz CT molecular complexity index is 1020. The summed E-state index contributed by atoms with van der Waals surface area (Å²) in [6.07, 6.45) is 1.69. The number of fused-ring (bicyclic) bond motifs is 1. The summed E-state index contributed by atoms with van der Waals surface area (Å²) in [7, 11) is 4.00. The molecule has 0 radical (unpaired) electrons. The third-order valence-electron chi connectivity index (χ3n) is 5.85. The van der Waals surface area contributed by atoms with Crippen LogP contribution in [0.25, 0.3) is 11.3 Å². The van der Waals surface area contributed by atoms with Gasteiger partial charge in [0, 0.05) is 36.8 Å². The highest BCUT2D eigenvalue weighted by atomic mass is 16.6. The van der Waals surface area contributed by atoms with Crippen LogP contribution in [0.5, 0.6) is 0 Å². The standard InChI is InChI=1S/C23H32N6O4/c1-15(2)28(23(32)33-14-30)22-11-16(3)29(17(4)31)21-8-7-18(12-19(21)22)20-13-27(25-24-20)10-9-26(5)6/h7-8,12-16,22H,9-11H2,1-6H3/t16-,22+/m0/s1. The summed E-state index contributed by atoms with van der Waals surface area (Å²) in [6.45, 7) is 8.92. The van der Waals surface area contributed by atoms with Crippen LogP contribution in [-0.4, -0.2) is 76.0 Å². The maximum atomic E-state index is 12.7. The van der Waals surface area contributed by atoms with Crippen molar-refractivity contribution in [2.75, 3.05) is 25.5 Å². The van der Waals surface area contributed by atoms with E-state index >= 15 is 0 Å². The van der Waals surface area contributed by atoms with E-state index in [-0.39, 0.29) is 30.5 Å². The number of ether oxygens (including phenoxy) is 1. The molecule has 1 aliphatic rings. The van der Waals surface area contributed by atoms with Crippen LogP contribution in [-0.2, 0) is 20.9 Å². The Kier molecular flexibility index (Phi) is 7.47. The summed E-state index contributed by atoms with van der Waals surface area (Å²) in [6, 6.07) is 5.02. The molecule has 0 saturated carbocycles. The molecule has 0 bridgehead atoms. The summed E-state index contributed by atoms with van der Waals surface area (Å²) < 4.78 is 6.49. The molecular formula is C23H32N6O4. The molecule has 10 nitrogen and oxygen atoms in total. The van der Waals surface area contributed by atoms with Gasteiger partial charge in [0.25, 0.3) is 0 Å². The molecule has 2 atom stereocenters. The number of rotatable bonds is 7. The first-order valence-electron chi connectivity index (χ1n) is 11.1.